The predicted octanol–water partition coefficient (Wildman–Crippen LogP) is 3.06. The third-order valence-corrected chi connectivity index (χ3v) is 4.16. The first-order chi connectivity index (χ1) is 13.0. The van der Waals surface area contributed by atoms with Gasteiger partial charge < -0.3 is 4.74 Å². The first-order valence-corrected chi connectivity index (χ1v) is 8.53. The van der Waals surface area contributed by atoms with Gasteiger partial charge in [-0.05, 0) is 48.5 Å². The van der Waals surface area contributed by atoms with Crippen LogP contribution in [0, 0.1) is 5.82 Å². The van der Waals surface area contributed by atoms with Crippen molar-refractivity contribution in [2.75, 3.05) is 7.11 Å². The molecule has 0 spiro atoms. The van der Waals surface area contributed by atoms with Crippen molar-refractivity contribution in [3.05, 3.63) is 70.1 Å². The highest BCUT2D eigenvalue weighted by atomic mass is 79.9. The Labute approximate surface area is 162 Å². The summed E-state index contributed by atoms with van der Waals surface area (Å²) in [6, 6.07) is 12.6. The Morgan fingerprint density at radius 3 is 2.48 bits per heavy atom. The maximum Gasteiger partial charge on any atom is 0.287 e. The van der Waals surface area contributed by atoms with E-state index in [0.29, 0.717) is 15.9 Å². The van der Waals surface area contributed by atoms with E-state index in [1.807, 2.05) is 0 Å². The number of hydrogen-bond acceptors (Lipinski definition) is 4. The van der Waals surface area contributed by atoms with Crippen LogP contribution >= 0.6 is 15.9 Å². The van der Waals surface area contributed by atoms with Crippen molar-refractivity contribution >= 4 is 27.7 Å². The van der Waals surface area contributed by atoms with Crippen LogP contribution in [0.4, 0.5) is 4.39 Å². The summed E-state index contributed by atoms with van der Waals surface area (Å²) in [4.78, 5) is 24.2. The third-order valence-electron chi connectivity index (χ3n) is 3.67. The number of amides is 2. The molecule has 0 aliphatic heterocycles. The van der Waals surface area contributed by atoms with Gasteiger partial charge in [0, 0.05) is 10.0 Å². The molecule has 0 radical (unpaired) electrons. The molecule has 0 aliphatic rings. The van der Waals surface area contributed by atoms with Crippen molar-refractivity contribution in [3.63, 3.8) is 0 Å². The van der Waals surface area contributed by atoms with E-state index >= 15 is 0 Å². The number of nitrogens with zero attached hydrogens (tertiary/aromatic N) is 1. The smallest absolute Gasteiger partial charge is 0.287 e. The van der Waals surface area contributed by atoms with Crippen LogP contribution in [0.15, 0.2) is 53.0 Å². The first-order valence-electron chi connectivity index (χ1n) is 7.73. The average Bonchev–Trinajstić information content (AvgIpc) is 3.18. The fourth-order valence-corrected chi connectivity index (χ4v) is 2.63. The first kappa shape index (κ1) is 18.6. The van der Waals surface area contributed by atoms with E-state index in [4.69, 9.17) is 4.74 Å². The van der Waals surface area contributed by atoms with Gasteiger partial charge in [0.05, 0.1) is 18.4 Å². The molecule has 0 bridgehead atoms. The quantitative estimate of drug-likeness (QED) is 0.552. The van der Waals surface area contributed by atoms with E-state index in [-0.39, 0.29) is 11.3 Å². The number of aromatic nitrogens is 2. The molecule has 138 valence electrons. The lowest BCUT2D eigenvalue weighted by Gasteiger charge is -2.07. The third kappa shape index (κ3) is 4.32. The van der Waals surface area contributed by atoms with Gasteiger partial charge in [0.15, 0.2) is 0 Å². The second-order valence-corrected chi connectivity index (χ2v) is 6.34. The summed E-state index contributed by atoms with van der Waals surface area (Å²) in [5, 5.41) is 6.66. The zero-order chi connectivity index (χ0) is 19.4. The molecule has 2 aromatic carbocycles. The molecule has 7 nitrogen and oxygen atoms in total. The van der Waals surface area contributed by atoms with Gasteiger partial charge in [-0.15, -0.1) is 0 Å². The number of nitrogens with one attached hydrogen (secondary N) is 3. The van der Waals surface area contributed by atoms with Crippen molar-refractivity contribution < 1.29 is 18.7 Å². The zero-order valence-corrected chi connectivity index (χ0v) is 15.6. The number of rotatable bonds is 4. The summed E-state index contributed by atoms with van der Waals surface area (Å²) in [6.07, 6.45) is 0. The number of methoxy groups -OCH3 is 1. The molecule has 0 atom stereocenters. The molecule has 0 aliphatic carbocycles. The second kappa shape index (κ2) is 8.00. The van der Waals surface area contributed by atoms with Crippen LogP contribution in [0.3, 0.4) is 0 Å². The predicted molar refractivity (Wildman–Crippen MR) is 99.6 cm³/mol. The van der Waals surface area contributed by atoms with Gasteiger partial charge in [0.1, 0.15) is 17.3 Å². The topological polar surface area (TPSA) is 96.1 Å². The van der Waals surface area contributed by atoms with Gasteiger partial charge in [-0.25, -0.2) is 4.39 Å². The fourth-order valence-electron chi connectivity index (χ4n) is 2.27. The number of aromatic amines is 1. The molecule has 1 heterocycles. The molecule has 3 aromatic rings. The van der Waals surface area contributed by atoms with E-state index in [9.17, 15) is 14.0 Å². The SMILES string of the molecule is COc1ccc(-c2cc(C(=O)NNC(=O)c3cc(Br)ccc3F)[nH]n2)cc1. The molecule has 0 saturated carbocycles. The van der Waals surface area contributed by atoms with Crippen molar-refractivity contribution in [1.82, 2.24) is 21.0 Å². The molecule has 2 amide bonds. The number of halogens is 2. The van der Waals surface area contributed by atoms with Crippen molar-refractivity contribution in [2.24, 2.45) is 0 Å². The van der Waals surface area contributed by atoms with Gasteiger partial charge in [0.25, 0.3) is 11.8 Å². The van der Waals surface area contributed by atoms with Crippen LogP contribution in [-0.4, -0.2) is 29.1 Å². The number of hydrazine groups is 1. The van der Waals surface area contributed by atoms with Crippen molar-refractivity contribution in [2.45, 2.75) is 0 Å². The normalized spacial score (nSPS) is 10.3. The van der Waals surface area contributed by atoms with Crippen LogP contribution in [-0.2, 0) is 0 Å². The molecule has 0 unspecified atom stereocenters. The second-order valence-electron chi connectivity index (χ2n) is 5.43. The van der Waals surface area contributed by atoms with Crippen LogP contribution in [0.25, 0.3) is 11.3 Å². The average molecular weight is 433 g/mol. The summed E-state index contributed by atoms with van der Waals surface area (Å²) >= 11 is 3.16. The molecule has 27 heavy (non-hydrogen) atoms. The zero-order valence-electron chi connectivity index (χ0n) is 14.0. The number of H-pyrrole nitrogens is 1. The molecule has 3 N–H and O–H groups in total. The summed E-state index contributed by atoms with van der Waals surface area (Å²) in [5.41, 5.74) is 5.65. The van der Waals surface area contributed by atoms with E-state index in [1.54, 1.807) is 31.4 Å². The molecule has 0 fully saturated rings. The van der Waals surface area contributed by atoms with E-state index in [2.05, 4.69) is 37.0 Å². The minimum absolute atomic E-state index is 0.135. The molecule has 1 aromatic heterocycles. The maximum absolute atomic E-state index is 13.7. The van der Waals surface area contributed by atoms with E-state index in [0.717, 1.165) is 11.6 Å². The van der Waals surface area contributed by atoms with Gasteiger partial charge in [-0.1, -0.05) is 15.9 Å². The Morgan fingerprint density at radius 2 is 1.78 bits per heavy atom. The van der Waals surface area contributed by atoms with E-state index < -0.39 is 17.6 Å². The number of ether oxygens (including phenoxy) is 1. The minimum Gasteiger partial charge on any atom is -0.497 e. The maximum atomic E-state index is 13.7. The largest absolute Gasteiger partial charge is 0.497 e. The highest BCUT2D eigenvalue weighted by Crippen LogP contribution is 2.21. The van der Waals surface area contributed by atoms with Gasteiger partial charge in [-0.2, -0.15) is 5.10 Å². The van der Waals surface area contributed by atoms with Crippen molar-refractivity contribution in [3.8, 4) is 17.0 Å². The Morgan fingerprint density at radius 1 is 1.07 bits per heavy atom. The van der Waals surface area contributed by atoms with Gasteiger partial charge in [0.2, 0.25) is 0 Å². The summed E-state index contributed by atoms with van der Waals surface area (Å²) < 4.78 is 19.3. The number of carbonyl (C=O) groups is 2. The lowest BCUT2D eigenvalue weighted by atomic mass is 10.1. The molecular weight excluding hydrogens is 419 g/mol. The standard InChI is InChI=1S/C18H14BrFN4O3/c1-27-12-5-2-10(3-6-12)15-9-16(22-21-15)18(26)24-23-17(25)13-8-11(19)4-7-14(13)20/h2-9H,1H3,(H,21,22)(H,23,25)(H,24,26). The highest BCUT2D eigenvalue weighted by Gasteiger charge is 2.15. The fraction of sp³-hybridized carbons (Fsp3) is 0.0556. The lowest BCUT2D eigenvalue weighted by molar-refractivity contribution is 0.0841. The Balaban J connectivity index is 1.65. The number of hydrogen-bond donors (Lipinski definition) is 3. The molecule has 9 heteroatoms. The Bertz CT molecular complexity index is 989. The minimum atomic E-state index is -0.781. The Hall–Kier alpha value is -3.20. The summed E-state index contributed by atoms with van der Waals surface area (Å²) in [6.45, 7) is 0. The van der Waals surface area contributed by atoms with E-state index in [1.165, 1.54) is 18.2 Å². The number of carbonyl (C=O) groups excluding carboxylic acids is 2. The molecule has 0 saturated heterocycles. The monoisotopic (exact) mass is 432 g/mol. The Kier molecular flexibility index (Phi) is 5.51. The van der Waals surface area contributed by atoms with Gasteiger partial charge >= 0.3 is 0 Å². The number of benzene rings is 2. The van der Waals surface area contributed by atoms with Crippen LogP contribution in [0.1, 0.15) is 20.8 Å². The lowest BCUT2D eigenvalue weighted by Crippen LogP contribution is -2.42. The van der Waals surface area contributed by atoms with Crippen molar-refractivity contribution in [1.29, 1.82) is 0 Å². The molecular formula is C18H14BrFN4O3. The summed E-state index contributed by atoms with van der Waals surface area (Å²) in [5.74, 6) is -1.40. The summed E-state index contributed by atoms with van der Waals surface area (Å²) in [7, 11) is 1.57. The highest BCUT2D eigenvalue weighted by molar-refractivity contribution is 9.10. The molecule has 3 rings (SSSR count). The van der Waals surface area contributed by atoms with Crippen LogP contribution in [0.5, 0.6) is 5.75 Å². The van der Waals surface area contributed by atoms with Crippen LogP contribution in [0.2, 0.25) is 0 Å². The van der Waals surface area contributed by atoms with Crippen LogP contribution < -0.4 is 15.6 Å². The van der Waals surface area contributed by atoms with Gasteiger partial charge in [-0.3, -0.25) is 25.5 Å².